The largest absolute Gasteiger partial charge is 0.394 e. The zero-order valence-electron chi connectivity index (χ0n) is 67.7. The Labute approximate surface area is 708 Å². The van der Waals surface area contributed by atoms with Gasteiger partial charge in [-0.15, -0.1) is 0 Å². The Morgan fingerprint density at radius 2 is 0.504 bits per heavy atom. The summed E-state index contributed by atoms with van der Waals surface area (Å²) in [5.41, 5.74) is 0. The molecule has 0 saturated carbocycles. The third kappa shape index (κ3) is 23.1. The molecule has 10 heterocycles. The Morgan fingerprint density at radius 1 is 0.224 bits per heavy atom. The molecule has 0 bridgehead atoms. The average molecular weight is 1830 g/mol. The summed E-state index contributed by atoms with van der Waals surface area (Å²) in [7, 11) is 0. The van der Waals surface area contributed by atoms with Crippen molar-refractivity contribution in [3.05, 3.63) is 0 Å². The van der Waals surface area contributed by atoms with E-state index in [1.54, 1.807) is 0 Å². The standard InChI is InChI=1S/C70H117N5O50/c1-16-36(88)47(99)50(102)66(109-16)107-15-30-57(44(96)31(61(106)110-30)71-17(2)83)120-64-34(74-20(5)86)45(97)55(27(12-81)115-64)122-68-53(105)58(123-70-60(125-63-33(73-19(4)85)43(95)38(90)23(8-77)112-63)52(104)56(28(13-82)117-70)119-62-32(72-18(3)84)42(94)37(89)22(7-76)111-62)41(93)29(118-68)14-108-69-59(49(101)40(92)25(10-79)114-69)124-65-35(75-21(6)87)46(98)54(26(11-80)116-65)121-67-51(103)48(100)39(91)24(9-78)113-67/h16,22-70,76-82,88-106H,7-15H2,1-6H3,(H,71,83)(H,72,84)(H,73,85)(H,74,86)(H,75,87)/t16-,22-,23-,24-,25-,26-,27-,28-,29-,30-,31-,32-,33+,34-,35-,36+,37-,38-,39+,40-,41-,42-,43-,44-,45-,46-,47+,48+,49+,50-,51-,52+,53+,54-,55-,56-,57-,58+,59+,60+,61-,62+,63+,64+,65+,66+,67+,68+,69+,70-/m1/s1. The van der Waals surface area contributed by atoms with Crippen molar-refractivity contribution in [2.24, 2.45) is 0 Å². The first kappa shape index (κ1) is 103. The van der Waals surface area contributed by atoms with Crippen LogP contribution in [0.5, 0.6) is 0 Å². The van der Waals surface area contributed by atoms with Gasteiger partial charge in [0.15, 0.2) is 62.9 Å². The van der Waals surface area contributed by atoms with E-state index in [1.807, 2.05) is 0 Å². The Kier molecular flexibility index (Phi) is 36.8. The van der Waals surface area contributed by atoms with Crippen LogP contribution >= 0.6 is 0 Å². The number of carbonyl (C=O) groups excluding carboxylic acids is 5. The van der Waals surface area contributed by atoms with Crippen LogP contribution in [0.15, 0.2) is 0 Å². The number of aliphatic hydroxyl groups is 26. The predicted molar refractivity (Wildman–Crippen MR) is 386 cm³/mol. The van der Waals surface area contributed by atoms with E-state index < -0.39 is 396 Å². The molecule has 10 saturated heterocycles. The maximum absolute atomic E-state index is 13.3. The van der Waals surface area contributed by atoms with Crippen molar-refractivity contribution >= 4 is 29.5 Å². The molecule has 0 aliphatic carbocycles. The van der Waals surface area contributed by atoms with Gasteiger partial charge in [0, 0.05) is 34.6 Å². The molecule has 5 amide bonds. The molecule has 31 N–H and O–H groups in total. The number of aliphatic hydroxyl groups excluding tert-OH is 26. The maximum atomic E-state index is 13.3. The molecule has 0 aromatic heterocycles. The Bertz CT molecular complexity index is 3420. The van der Waals surface area contributed by atoms with Gasteiger partial charge in [-0.05, 0) is 6.92 Å². The van der Waals surface area contributed by atoms with Gasteiger partial charge in [-0.2, -0.15) is 0 Å². The first-order chi connectivity index (χ1) is 59.1. The Morgan fingerprint density at radius 3 is 0.936 bits per heavy atom. The fraction of sp³-hybridized carbons (Fsp3) is 0.929. The second-order valence-corrected chi connectivity index (χ2v) is 31.7. The maximum Gasteiger partial charge on any atom is 0.217 e. The van der Waals surface area contributed by atoms with Crippen molar-refractivity contribution in [1.82, 2.24) is 26.6 Å². The minimum atomic E-state index is -2.67. The van der Waals surface area contributed by atoms with Gasteiger partial charge >= 0.3 is 0 Å². The summed E-state index contributed by atoms with van der Waals surface area (Å²) >= 11 is 0. The van der Waals surface area contributed by atoms with E-state index in [1.165, 1.54) is 6.92 Å². The van der Waals surface area contributed by atoms with E-state index in [0.717, 1.165) is 34.6 Å². The van der Waals surface area contributed by atoms with Crippen molar-refractivity contribution in [2.45, 2.75) is 348 Å². The molecule has 722 valence electrons. The van der Waals surface area contributed by atoms with Crippen LogP contribution in [-0.4, -0.2) is 529 Å². The molecule has 10 fully saturated rings. The highest BCUT2D eigenvalue weighted by atomic mass is 16.8. The summed E-state index contributed by atoms with van der Waals surface area (Å²) in [5, 5.41) is 304. The molecule has 50 atom stereocenters. The lowest BCUT2D eigenvalue weighted by atomic mass is 9.93. The zero-order chi connectivity index (χ0) is 92.1. The summed E-state index contributed by atoms with van der Waals surface area (Å²) in [6.07, 6.45) is -94.1. The number of rotatable bonds is 32. The minimum absolute atomic E-state index is 0.853. The normalized spacial score (nSPS) is 48.7. The molecule has 10 rings (SSSR count). The van der Waals surface area contributed by atoms with Gasteiger partial charge in [0.1, 0.15) is 238 Å². The van der Waals surface area contributed by atoms with Crippen LogP contribution < -0.4 is 26.6 Å². The quantitative estimate of drug-likeness (QED) is 0.0297. The molecule has 55 heteroatoms. The van der Waals surface area contributed by atoms with Crippen LogP contribution in [-0.2, 0) is 114 Å². The molecular weight excluding hydrogens is 1710 g/mol. The van der Waals surface area contributed by atoms with Crippen molar-refractivity contribution in [2.75, 3.05) is 59.5 Å². The molecule has 55 nitrogen and oxygen atoms in total. The molecule has 0 aromatic rings. The van der Waals surface area contributed by atoms with Crippen LogP contribution in [0.3, 0.4) is 0 Å². The van der Waals surface area contributed by atoms with Gasteiger partial charge in [0.2, 0.25) is 29.5 Å². The first-order valence-electron chi connectivity index (χ1n) is 40.0. The molecule has 125 heavy (non-hydrogen) atoms. The lowest BCUT2D eigenvalue weighted by molar-refractivity contribution is -0.403. The highest BCUT2D eigenvalue weighted by molar-refractivity contribution is 5.75. The van der Waals surface area contributed by atoms with E-state index in [9.17, 15) is 157 Å². The lowest BCUT2D eigenvalue weighted by Gasteiger charge is -2.52. The molecule has 0 spiro atoms. The summed E-state index contributed by atoms with van der Waals surface area (Å²) in [6.45, 7) is -4.06. The van der Waals surface area contributed by atoms with Gasteiger partial charge in [-0.1, -0.05) is 0 Å². The monoisotopic (exact) mass is 1830 g/mol. The van der Waals surface area contributed by atoms with E-state index >= 15 is 0 Å². The van der Waals surface area contributed by atoms with E-state index in [0.29, 0.717) is 0 Å². The van der Waals surface area contributed by atoms with Crippen molar-refractivity contribution in [3.63, 3.8) is 0 Å². The number of amides is 5. The van der Waals surface area contributed by atoms with Crippen molar-refractivity contribution in [1.29, 1.82) is 0 Å². The van der Waals surface area contributed by atoms with Gasteiger partial charge in [-0.3, -0.25) is 24.0 Å². The highest BCUT2D eigenvalue weighted by Crippen LogP contribution is 2.41. The fourth-order valence-corrected chi connectivity index (χ4v) is 16.2. The number of nitrogens with one attached hydrogen (secondary N) is 5. The molecule has 10 aliphatic heterocycles. The van der Waals surface area contributed by atoms with Crippen LogP contribution in [0.2, 0.25) is 0 Å². The van der Waals surface area contributed by atoms with Crippen molar-refractivity contribution < 1.29 is 247 Å². The first-order valence-corrected chi connectivity index (χ1v) is 40.0. The topological polar surface area (TPSA) is 847 Å². The smallest absolute Gasteiger partial charge is 0.217 e. The molecule has 0 radical (unpaired) electrons. The Balaban J connectivity index is 1.02. The van der Waals surface area contributed by atoms with Gasteiger partial charge in [0.05, 0.1) is 65.6 Å². The molecule has 10 aliphatic rings. The van der Waals surface area contributed by atoms with Gasteiger partial charge < -0.3 is 249 Å². The number of ether oxygens (including phenoxy) is 19. The summed E-state index contributed by atoms with van der Waals surface area (Å²) < 4.78 is 114. The van der Waals surface area contributed by atoms with E-state index in [-0.39, 0.29) is 0 Å². The predicted octanol–water partition coefficient (Wildman–Crippen LogP) is -21.1. The molecule has 0 aromatic carbocycles. The number of hydrogen-bond acceptors (Lipinski definition) is 50. The van der Waals surface area contributed by atoms with E-state index in [2.05, 4.69) is 26.6 Å². The lowest BCUT2D eigenvalue weighted by Crippen LogP contribution is -2.71. The van der Waals surface area contributed by atoms with Crippen LogP contribution in [0.4, 0.5) is 0 Å². The number of hydrogen-bond donors (Lipinski definition) is 31. The van der Waals surface area contributed by atoms with Gasteiger partial charge in [0.25, 0.3) is 0 Å². The Hall–Kier alpha value is -4.45. The zero-order valence-corrected chi connectivity index (χ0v) is 67.7. The van der Waals surface area contributed by atoms with Gasteiger partial charge in [-0.25, -0.2) is 0 Å². The van der Waals surface area contributed by atoms with Crippen LogP contribution in [0.1, 0.15) is 41.5 Å². The summed E-state index contributed by atoms with van der Waals surface area (Å²) in [6, 6.07) is -9.49. The minimum Gasteiger partial charge on any atom is -0.394 e. The number of carbonyl (C=O) groups is 5. The molecule has 0 unspecified atom stereocenters. The average Bonchev–Trinajstić information content (AvgIpc) is 0.763. The third-order valence-electron chi connectivity index (χ3n) is 22.8. The summed E-state index contributed by atoms with van der Waals surface area (Å²) in [4.78, 5) is 64.3. The van der Waals surface area contributed by atoms with Crippen molar-refractivity contribution in [3.8, 4) is 0 Å². The van der Waals surface area contributed by atoms with Crippen LogP contribution in [0, 0.1) is 0 Å². The second kappa shape index (κ2) is 44.9. The molecular formula is C70H117N5O50. The van der Waals surface area contributed by atoms with E-state index in [4.69, 9.17) is 90.0 Å². The SMILES string of the molecule is CC(=O)N[C@@H]1[C@H](O[C@@H]2[C@@H](O[C@@H]3[C@H](O)[C@H](O[C@H]4[C@H](O)[C@@H](NC(C)=O)[C@H](O[C@H]5[C@H](O)[C@@H](NC(C)=O)[C@H](O)O[C@@H]5CO[C@H]5O[C@H](C)[C@H](O)[C@H](O)[C@H]5O)O[C@@H]4CO)O[C@H](CO[C@H]4O[C@H](CO)[C@@H](O)[C@H](O)[C@@H]4O[C@@H]4O[C@H](CO)[C@@H](O[C@@H]5O[C@H](CO)[C@H](O)[C@H](O)[C@H]5O)[C@H](O)[C@H]4NC(C)=O)[C@H]3O)O[C@H](CO)[C@@H](O[C@@H]3O[C@H](CO)[C@@H](O)[C@H](O)[C@H]3NC(C)=O)[C@@H]2O)O[C@H](CO)[C@@H](O)[C@@H]1O. The second-order valence-electron chi connectivity index (χ2n) is 31.7. The van der Waals surface area contributed by atoms with Crippen LogP contribution in [0.25, 0.3) is 0 Å². The fourth-order valence-electron chi connectivity index (χ4n) is 16.2. The summed E-state index contributed by atoms with van der Waals surface area (Å²) in [5.74, 6) is -4.64. The highest BCUT2D eigenvalue weighted by Gasteiger charge is 2.62. The third-order valence-corrected chi connectivity index (χ3v) is 22.8.